The van der Waals surface area contributed by atoms with Gasteiger partial charge in [-0.1, -0.05) is 93.6 Å². The minimum absolute atomic E-state index is 0.0907. The van der Waals surface area contributed by atoms with Crippen LogP contribution in [0, 0.1) is 0 Å². The van der Waals surface area contributed by atoms with Crippen LogP contribution in [-0.4, -0.2) is 0 Å². The van der Waals surface area contributed by atoms with Gasteiger partial charge in [0.25, 0.3) is 0 Å². The second-order valence-electron chi connectivity index (χ2n) is 13.9. The monoisotopic (exact) mass is 664 g/mol. The molecule has 0 atom stereocenters. The van der Waals surface area contributed by atoms with Gasteiger partial charge < -0.3 is 14.2 Å². The van der Waals surface area contributed by atoms with Crippen molar-refractivity contribution in [2.45, 2.75) is 26.2 Å². The SMILES string of the molecule is CC(C)(C)c1ccc2c(c1)sc1cccc(N(c3ccccc3)c3ccc4c(c3)oc3ccc(N(c5ccccc5)c5ccccc5)cc34)c12. The number of anilines is 6. The van der Waals surface area contributed by atoms with Crippen LogP contribution in [-0.2, 0) is 5.41 Å². The normalized spacial score (nSPS) is 11.9. The molecular formula is C46H36N2OS. The Morgan fingerprint density at radius 1 is 0.440 bits per heavy atom. The van der Waals surface area contributed by atoms with Crippen molar-refractivity contribution in [1.82, 2.24) is 0 Å². The fourth-order valence-electron chi connectivity index (χ4n) is 7.10. The quantitative estimate of drug-likeness (QED) is 0.176. The zero-order chi connectivity index (χ0) is 33.8. The lowest BCUT2D eigenvalue weighted by molar-refractivity contribution is 0.591. The number of hydrogen-bond donors (Lipinski definition) is 0. The summed E-state index contributed by atoms with van der Waals surface area (Å²) >= 11 is 1.87. The van der Waals surface area contributed by atoms with E-state index in [1.165, 1.54) is 25.7 Å². The molecule has 0 radical (unpaired) electrons. The van der Waals surface area contributed by atoms with E-state index in [0.717, 1.165) is 56.1 Å². The Bertz CT molecular complexity index is 2590. The molecule has 2 heterocycles. The van der Waals surface area contributed by atoms with E-state index < -0.39 is 0 Å². The summed E-state index contributed by atoms with van der Waals surface area (Å²) in [6.07, 6.45) is 0. The van der Waals surface area contributed by atoms with Gasteiger partial charge in [-0.25, -0.2) is 0 Å². The molecule has 9 rings (SSSR count). The summed E-state index contributed by atoms with van der Waals surface area (Å²) in [4.78, 5) is 4.66. The maximum Gasteiger partial charge on any atom is 0.137 e. The van der Waals surface area contributed by atoms with Crippen LogP contribution in [0.4, 0.5) is 34.1 Å². The molecule has 0 aliphatic heterocycles. The van der Waals surface area contributed by atoms with Gasteiger partial charge in [-0.05, 0) is 95.9 Å². The molecule has 3 nitrogen and oxygen atoms in total. The van der Waals surface area contributed by atoms with Gasteiger partial charge in [0, 0.05) is 65.4 Å². The Balaban J connectivity index is 1.20. The first-order valence-corrected chi connectivity index (χ1v) is 17.9. The summed E-state index contributed by atoms with van der Waals surface area (Å²) in [5, 5.41) is 4.74. The maximum atomic E-state index is 6.61. The summed E-state index contributed by atoms with van der Waals surface area (Å²) in [5.41, 5.74) is 9.78. The van der Waals surface area contributed by atoms with Crippen LogP contribution in [0.5, 0.6) is 0 Å². The minimum atomic E-state index is 0.0907. The Morgan fingerprint density at radius 3 is 1.70 bits per heavy atom. The van der Waals surface area contributed by atoms with Crippen LogP contribution < -0.4 is 9.80 Å². The number of para-hydroxylation sites is 3. The summed E-state index contributed by atoms with van der Waals surface area (Å²) in [6.45, 7) is 6.84. The molecular weight excluding hydrogens is 629 g/mol. The molecule has 7 aromatic carbocycles. The van der Waals surface area contributed by atoms with Gasteiger partial charge in [-0.2, -0.15) is 0 Å². The third-order valence-corrected chi connectivity index (χ3v) is 10.7. The maximum absolute atomic E-state index is 6.61. The van der Waals surface area contributed by atoms with Crippen molar-refractivity contribution < 1.29 is 4.42 Å². The molecule has 0 N–H and O–H groups in total. The number of furan rings is 1. The second kappa shape index (κ2) is 11.9. The Kier molecular flexibility index (Phi) is 7.22. The predicted octanol–water partition coefficient (Wildman–Crippen LogP) is 14.2. The Morgan fingerprint density at radius 2 is 1.04 bits per heavy atom. The lowest BCUT2D eigenvalue weighted by atomic mass is 9.87. The van der Waals surface area contributed by atoms with Crippen molar-refractivity contribution in [2.24, 2.45) is 0 Å². The number of fused-ring (bicyclic) bond motifs is 6. The van der Waals surface area contributed by atoms with Gasteiger partial charge in [0.15, 0.2) is 0 Å². The summed E-state index contributed by atoms with van der Waals surface area (Å²) in [7, 11) is 0. The van der Waals surface area contributed by atoms with Gasteiger partial charge >= 0.3 is 0 Å². The lowest BCUT2D eigenvalue weighted by Gasteiger charge is -2.26. The molecule has 0 saturated carbocycles. The number of benzene rings is 7. The van der Waals surface area contributed by atoms with E-state index >= 15 is 0 Å². The molecule has 4 heteroatoms. The highest BCUT2D eigenvalue weighted by molar-refractivity contribution is 7.26. The minimum Gasteiger partial charge on any atom is -0.456 e. The molecule has 0 fully saturated rings. The van der Waals surface area contributed by atoms with E-state index in [-0.39, 0.29) is 5.41 Å². The van der Waals surface area contributed by atoms with E-state index in [9.17, 15) is 0 Å². The molecule has 0 amide bonds. The first-order chi connectivity index (χ1) is 24.4. The van der Waals surface area contributed by atoms with Crippen molar-refractivity contribution in [3.63, 3.8) is 0 Å². The topological polar surface area (TPSA) is 19.6 Å². The van der Waals surface area contributed by atoms with Gasteiger partial charge in [0.2, 0.25) is 0 Å². The summed E-state index contributed by atoms with van der Waals surface area (Å²) in [5.74, 6) is 0. The van der Waals surface area contributed by atoms with Crippen molar-refractivity contribution in [1.29, 1.82) is 0 Å². The molecule has 0 aliphatic rings. The first kappa shape index (κ1) is 30.2. The van der Waals surface area contributed by atoms with Crippen LogP contribution in [0.15, 0.2) is 168 Å². The molecule has 0 spiro atoms. The average molecular weight is 665 g/mol. The number of hydrogen-bond acceptors (Lipinski definition) is 4. The van der Waals surface area contributed by atoms with Gasteiger partial charge in [-0.3, -0.25) is 0 Å². The summed E-state index contributed by atoms with van der Waals surface area (Å²) < 4.78 is 9.20. The molecule has 9 aromatic rings. The van der Waals surface area contributed by atoms with Gasteiger partial charge in [0.1, 0.15) is 11.2 Å². The fourth-order valence-corrected chi connectivity index (χ4v) is 8.26. The van der Waals surface area contributed by atoms with Crippen LogP contribution >= 0.6 is 11.3 Å². The Hall–Kier alpha value is -5.84. The number of nitrogens with zero attached hydrogens (tertiary/aromatic N) is 2. The highest BCUT2D eigenvalue weighted by Gasteiger charge is 2.22. The van der Waals surface area contributed by atoms with E-state index in [0.29, 0.717) is 0 Å². The Labute approximate surface area is 296 Å². The average Bonchev–Trinajstić information content (AvgIpc) is 3.71. The molecule has 0 unspecified atom stereocenters. The van der Waals surface area contributed by atoms with Crippen LogP contribution in [0.2, 0.25) is 0 Å². The van der Waals surface area contributed by atoms with E-state index in [1.807, 2.05) is 11.3 Å². The third-order valence-electron chi connectivity index (χ3n) is 9.58. The highest BCUT2D eigenvalue weighted by Crippen LogP contribution is 2.47. The van der Waals surface area contributed by atoms with Crippen molar-refractivity contribution >= 4 is 87.6 Å². The molecule has 0 bridgehead atoms. The zero-order valence-corrected chi connectivity index (χ0v) is 29.1. The van der Waals surface area contributed by atoms with Crippen LogP contribution in [0.25, 0.3) is 42.1 Å². The van der Waals surface area contributed by atoms with E-state index in [1.54, 1.807) is 0 Å². The zero-order valence-electron chi connectivity index (χ0n) is 28.3. The fraction of sp³-hybridized carbons (Fsp3) is 0.0870. The third kappa shape index (κ3) is 5.20. The van der Waals surface area contributed by atoms with E-state index in [2.05, 4.69) is 194 Å². The lowest BCUT2D eigenvalue weighted by Crippen LogP contribution is -2.10. The number of rotatable bonds is 6. The van der Waals surface area contributed by atoms with Crippen molar-refractivity contribution in [3.05, 3.63) is 169 Å². The predicted molar refractivity (Wildman–Crippen MR) is 215 cm³/mol. The molecule has 0 saturated heterocycles. The van der Waals surface area contributed by atoms with Crippen LogP contribution in [0.1, 0.15) is 26.3 Å². The number of thiophene rings is 1. The van der Waals surface area contributed by atoms with Crippen molar-refractivity contribution in [2.75, 3.05) is 9.80 Å². The first-order valence-electron chi connectivity index (χ1n) is 17.1. The van der Waals surface area contributed by atoms with Gasteiger partial charge in [-0.15, -0.1) is 11.3 Å². The van der Waals surface area contributed by atoms with E-state index in [4.69, 9.17) is 4.42 Å². The molecule has 50 heavy (non-hydrogen) atoms. The van der Waals surface area contributed by atoms with Crippen molar-refractivity contribution in [3.8, 4) is 0 Å². The molecule has 242 valence electrons. The van der Waals surface area contributed by atoms with Crippen LogP contribution in [0.3, 0.4) is 0 Å². The standard InChI is InChI=1S/C46H36N2OS/c1-46(2,3)31-22-25-38-44(28-31)50-43-21-13-20-40(45(38)43)48(34-18-11-6-12-19-34)36-23-26-37-39-29-35(24-27-41(39)49-42(37)30-36)47(32-14-7-4-8-15-32)33-16-9-5-10-17-33/h4-30H,1-3H3. The smallest absolute Gasteiger partial charge is 0.137 e. The largest absolute Gasteiger partial charge is 0.456 e. The van der Waals surface area contributed by atoms with Gasteiger partial charge in [0.05, 0.1) is 5.69 Å². The highest BCUT2D eigenvalue weighted by atomic mass is 32.1. The second-order valence-corrected chi connectivity index (χ2v) is 14.9. The molecule has 2 aromatic heterocycles. The molecule has 0 aliphatic carbocycles. The summed E-state index contributed by atoms with van der Waals surface area (Å²) in [6, 6.07) is 58.5.